The van der Waals surface area contributed by atoms with Crippen LogP contribution >= 0.6 is 11.6 Å². The van der Waals surface area contributed by atoms with Crippen molar-refractivity contribution in [1.29, 1.82) is 0 Å². The second kappa shape index (κ2) is 9.10. The van der Waals surface area contributed by atoms with E-state index in [0.717, 1.165) is 0 Å². The SMILES string of the molecule is O=S(=O)(c1ccccc1)N(CC(O)COc1ccc(Cl)cc1)c1ccccc1. The van der Waals surface area contributed by atoms with Crippen LogP contribution in [0.4, 0.5) is 5.69 Å². The summed E-state index contributed by atoms with van der Waals surface area (Å²) in [7, 11) is -3.84. The number of nitrogens with zero attached hydrogens (tertiary/aromatic N) is 1. The van der Waals surface area contributed by atoms with Crippen molar-refractivity contribution in [3.8, 4) is 5.75 Å². The minimum absolute atomic E-state index is 0.0602. The summed E-state index contributed by atoms with van der Waals surface area (Å²) >= 11 is 5.84. The third kappa shape index (κ3) is 5.04. The molecule has 0 aliphatic carbocycles. The van der Waals surface area contributed by atoms with E-state index in [1.54, 1.807) is 72.8 Å². The molecule has 1 N–H and O–H groups in total. The summed E-state index contributed by atoms with van der Waals surface area (Å²) in [5, 5.41) is 11.0. The van der Waals surface area contributed by atoms with Gasteiger partial charge in [-0.1, -0.05) is 48.0 Å². The molecule has 0 aromatic heterocycles. The molecule has 0 aliphatic heterocycles. The Kier molecular flexibility index (Phi) is 6.57. The Labute approximate surface area is 169 Å². The van der Waals surface area contributed by atoms with Crippen LogP contribution < -0.4 is 9.04 Å². The molecule has 0 radical (unpaired) electrons. The summed E-state index contributed by atoms with van der Waals surface area (Å²) < 4.78 is 33.0. The predicted molar refractivity (Wildman–Crippen MR) is 110 cm³/mol. The van der Waals surface area contributed by atoms with Gasteiger partial charge >= 0.3 is 0 Å². The van der Waals surface area contributed by atoms with Crippen molar-refractivity contribution in [1.82, 2.24) is 0 Å². The van der Waals surface area contributed by atoms with E-state index < -0.39 is 16.1 Å². The Hall–Kier alpha value is -2.54. The maximum atomic E-state index is 13.1. The van der Waals surface area contributed by atoms with Crippen molar-refractivity contribution in [2.45, 2.75) is 11.0 Å². The number of ether oxygens (including phenoxy) is 1. The lowest BCUT2D eigenvalue weighted by atomic mass is 10.3. The van der Waals surface area contributed by atoms with E-state index in [-0.39, 0.29) is 18.0 Å². The molecule has 3 rings (SSSR count). The lowest BCUT2D eigenvalue weighted by Gasteiger charge is -2.27. The Morgan fingerprint density at radius 3 is 2.07 bits per heavy atom. The van der Waals surface area contributed by atoms with Gasteiger partial charge < -0.3 is 9.84 Å². The van der Waals surface area contributed by atoms with E-state index in [4.69, 9.17) is 16.3 Å². The molecule has 146 valence electrons. The van der Waals surface area contributed by atoms with Gasteiger partial charge in [-0.3, -0.25) is 4.31 Å². The molecule has 28 heavy (non-hydrogen) atoms. The second-order valence-electron chi connectivity index (χ2n) is 6.10. The molecule has 0 saturated heterocycles. The van der Waals surface area contributed by atoms with E-state index in [0.29, 0.717) is 16.5 Å². The lowest BCUT2D eigenvalue weighted by molar-refractivity contribution is 0.115. The third-order valence-electron chi connectivity index (χ3n) is 4.01. The largest absolute Gasteiger partial charge is 0.491 e. The number of sulfonamides is 1. The van der Waals surface area contributed by atoms with Gasteiger partial charge in [-0.15, -0.1) is 0 Å². The zero-order chi connectivity index (χ0) is 20.0. The molecule has 0 amide bonds. The average Bonchev–Trinajstić information content (AvgIpc) is 2.73. The zero-order valence-corrected chi connectivity index (χ0v) is 16.6. The summed E-state index contributed by atoms with van der Waals surface area (Å²) in [6, 6.07) is 23.5. The molecule has 0 saturated carbocycles. The summed E-state index contributed by atoms with van der Waals surface area (Å²) in [6.07, 6.45) is -1.03. The topological polar surface area (TPSA) is 66.8 Å². The highest BCUT2D eigenvalue weighted by Gasteiger charge is 2.27. The van der Waals surface area contributed by atoms with E-state index in [9.17, 15) is 13.5 Å². The molecule has 0 spiro atoms. The van der Waals surface area contributed by atoms with Crippen molar-refractivity contribution >= 4 is 27.3 Å². The average molecular weight is 418 g/mol. The number of benzene rings is 3. The molecule has 1 atom stereocenters. The van der Waals surface area contributed by atoms with Crippen LogP contribution in [-0.2, 0) is 10.0 Å². The van der Waals surface area contributed by atoms with Crippen LogP contribution in [0.15, 0.2) is 89.8 Å². The molecule has 0 fully saturated rings. The minimum atomic E-state index is -3.84. The van der Waals surface area contributed by atoms with Crippen molar-refractivity contribution in [2.24, 2.45) is 0 Å². The van der Waals surface area contributed by atoms with Gasteiger partial charge in [0.05, 0.1) is 17.1 Å². The highest BCUT2D eigenvalue weighted by atomic mass is 35.5. The second-order valence-corrected chi connectivity index (χ2v) is 8.40. The first kappa shape index (κ1) is 20.2. The van der Waals surface area contributed by atoms with Crippen LogP contribution in [0.3, 0.4) is 0 Å². The molecule has 0 bridgehead atoms. The van der Waals surface area contributed by atoms with Gasteiger partial charge in [0.2, 0.25) is 0 Å². The minimum Gasteiger partial charge on any atom is -0.491 e. The van der Waals surface area contributed by atoms with Crippen molar-refractivity contribution in [3.63, 3.8) is 0 Å². The zero-order valence-electron chi connectivity index (χ0n) is 15.0. The smallest absolute Gasteiger partial charge is 0.264 e. The number of hydrogen-bond donors (Lipinski definition) is 1. The highest BCUT2D eigenvalue weighted by molar-refractivity contribution is 7.92. The first-order valence-corrected chi connectivity index (χ1v) is 10.5. The fourth-order valence-electron chi connectivity index (χ4n) is 2.62. The van der Waals surface area contributed by atoms with Gasteiger partial charge in [-0.2, -0.15) is 0 Å². The lowest BCUT2D eigenvalue weighted by Crippen LogP contribution is -2.39. The molecule has 7 heteroatoms. The van der Waals surface area contributed by atoms with Gasteiger partial charge in [-0.05, 0) is 48.5 Å². The number of anilines is 1. The van der Waals surface area contributed by atoms with E-state index in [2.05, 4.69) is 0 Å². The number of halogens is 1. The Morgan fingerprint density at radius 2 is 1.46 bits per heavy atom. The molecular weight excluding hydrogens is 398 g/mol. The van der Waals surface area contributed by atoms with Gasteiger partial charge in [0.1, 0.15) is 18.5 Å². The van der Waals surface area contributed by atoms with Crippen LogP contribution in [0.5, 0.6) is 5.75 Å². The maximum absolute atomic E-state index is 13.1. The molecular formula is C21H20ClNO4S. The summed E-state index contributed by atoms with van der Waals surface area (Å²) in [5.41, 5.74) is 0.469. The van der Waals surface area contributed by atoms with Crippen LogP contribution in [0.2, 0.25) is 5.02 Å². The van der Waals surface area contributed by atoms with Gasteiger partial charge in [0, 0.05) is 5.02 Å². The molecule has 1 unspecified atom stereocenters. The van der Waals surface area contributed by atoms with Gasteiger partial charge in [0.25, 0.3) is 10.0 Å². The van der Waals surface area contributed by atoms with Crippen LogP contribution in [0.25, 0.3) is 0 Å². The van der Waals surface area contributed by atoms with E-state index in [1.165, 1.54) is 16.4 Å². The predicted octanol–water partition coefficient (Wildman–Crippen LogP) is 3.98. The third-order valence-corrected chi connectivity index (χ3v) is 6.07. The van der Waals surface area contributed by atoms with Crippen molar-refractivity contribution < 1.29 is 18.3 Å². The number of para-hydroxylation sites is 1. The molecule has 0 heterocycles. The Morgan fingerprint density at radius 1 is 0.893 bits per heavy atom. The van der Waals surface area contributed by atoms with Crippen LogP contribution in [0.1, 0.15) is 0 Å². The summed E-state index contributed by atoms with van der Waals surface area (Å²) in [6.45, 7) is -0.204. The standard InChI is InChI=1S/C21H20ClNO4S/c22-17-11-13-20(14-12-17)27-16-19(24)15-23(18-7-3-1-4-8-18)28(25,26)21-9-5-2-6-10-21/h1-14,19,24H,15-16H2. The summed E-state index contributed by atoms with van der Waals surface area (Å²) in [4.78, 5) is 0.157. The number of hydrogen-bond acceptors (Lipinski definition) is 4. The number of rotatable bonds is 8. The molecule has 3 aromatic carbocycles. The molecule has 3 aromatic rings. The van der Waals surface area contributed by atoms with Crippen molar-refractivity contribution in [3.05, 3.63) is 90.0 Å². The van der Waals surface area contributed by atoms with Crippen LogP contribution in [-0.4, -0.2) is 32.8 Å². The number of aliphatic hydroxyl groups excluding tert-OH is 1. The summed E-state index contributed by atoms with van der Waals surface area (Å²) in [5.74, 6) is 0.542. The van der Waals surface area contributed by atoms with Crippen molar-refractivity contribution in [2.75, 3.05) is 17.5 Å². The van der Waals surface area contributed by atoms with Gasteiger partial charge in [0.15, 0.2) is 0 Å². The molecule has 0 aliphatic rings. The van der Waals surface area contributed by atoms with Crippen LogP contribution in [0, 0.1) is 0 Å². The van der Waals surface area contributed by atoms with E-state index in [1.807, 2.05) is 0 Å². The Bertz CT molecular complexity index is 980. The normalized spacial score (nSPS) is 12.4. The monoisotopic (exact) mass is 417 g/mol. The Balaban J connectivity index is 1.79. The van der Waals surface area contributed by atoms with Gasteiger partial charge in [-0.25, -0.2) is 8.42 Å². The van der Waals surface area contributed by atoms with E-state index >= 15 is 0 Å². The fourth-order valence-corrected chi connectivity index (χ4v) is 4.27. The fraction of sp³-hybridized carbons (Fsp3) is 0.143. The maximum Gasteiger partial charge on any atom is 0.264 e. The highest BCUT2D eigenvalue weighted by Crippen LogP contribution is 2.24. The number of aliphatic hydroxyl groups is 1. The first-order chi connectivity index (χ1) is 13.5. The quantitative estimate of drug-likeness (QED) is 0.602. The molecule has 5 nitrogen and oxygen atoms in total. The first-order valence-electron chi connectivity index (χ1n) is 8.66.